The minimum Gasteiger partial charge on any atom is -0.506 e. The van der Waals surface area contributed by atoms with Gasteiger partial charge in [0, 0.05) is 13.2 Å². The Kier molecular flexibility index (Phi) is 2.06. The van der Waals surface area contributed by atoms with Crippen LogP contribution in [0.5, 0.6) is 5.75 Å². The third kappa shape index (κ3) is 1.67. The first-order chi connectivity index (χ1) is 5.24. The molecule has 0 unspecified atom stereocenters. The average molecular weight is 152 g/mol. The van der Waals surface area contributed by atoms with Crippen LogP contribution in [0.15, 0.2) is 18.5 Å². The topological polar surface area (TPSA) is 62.2 Å². The van der Waals surface area contributed by atoms with E-state index < -0.39 is 0 Å². The number of hydrogen-bond donors (Lipinski definition) is 2. The number of rotatable bonds is 1. The second-order valence-corrected chi connectivity index (χ2v) is 2.01. The molecule has 0 fully saturated rings. The average Bonchev–Trinajstić information content (AvgIpc) is 2.03. The number of carbonyl (C=O) groups excluding carboxylic acids is 1. The lowest BCUT2D eigenvalue weighted by Gasteiger charge is -1.97. The van der Waals surface area contributed by atoms with Gasteiger partial charge < -0.3 is 10.4 Å². The maximum absolute atomic E-state index is 10.9. The number of hydrogen-bond acceptors (Lipinski definition) is 3. The van der Waals surface area contributed by atoms with E-state index in [0.717, 1.165) is 0 Å². The van der Waals surface area contributed by atoms with Crippen LogP contribution in [0.3, 0.4) is 0 Å². The van der Waals surface area contributed by atoms with Crippen molar-refractivity contribution in [3.63, 3.8) is 0 Å². The smallest absolute Gasteiger partial charge is 0.252 e. The molecule has 4 heteroatoms. The van der Waals surface area contributed by atoms with Gasteiger partial charge in [0.15, 0.2) is 0 Å². The molecule has 0 saturated carbocycles. The van der Waals surface area contributed by atoms with Crippen molar-refractivity contribution in [3.05, 3.63) is 24.0 Å². The summed E-state index contributed by atoms with van der Waals surface area (Å²) in [5.41, 5.74) is 0.354. The molecule has 0 aromatic carbocycles. The summed E-state index contributed by atoms with van der Waals surface area (Å²) in [4.78, 5) is 14.5. The van der Waals surface area contributed by atoms with Crippen LogP contribution in [0.25, 0.3) is 0 Å². The highest BCUT2D eigenvalue weighted by atomic mass is 16.3. The van der Waals surface area contributed by atoms with Gasteiger partial charge in [0.1, 0.15) is 5.75 Å². The van der Waals surface area contributed by atoms with Crippen LogP contribution in [0.2, 0.25) is 0 Å². The Labute approximate surface area is 63.9 Å². The van der Waals surface area contributed by atoms with Crippen LogP contribution in [-0.4, -0.2) is 23.0 Å². The fraction of sp³-hybridized carbons (Fsp3) is 0.143. The standard InChI is InChI=1S/C7H8N2O2/c1-8-7(11)5-2-6(10)4-9-3-5/h2-4,10H,1H3,(H,8,11). The molecule has 0 aliphatic carbocycles. The van der Waals surface area contributed by atoms with Crippen molar-refractivity contribution >= 4 is 5.91 Å². The van der Waals surface area contributed by atoms with Crippen molar-refractivity contribution in [2.45, 2.75) is 0 Å². The Balaban J connectivity index is 2.96. The van der Waals surface area contributed by atoms with E-state index in [1.165, 1.54) is 25.5 Å². The Morgan fingerprint density at radius 1 is 1.64 bits per heavy atom. The maximum atomic E-state index is 10.9. The second-order valence-electron chi connectivity index (χ2n) is 2.01. The summed E-state index contributed by atoms with van der Waals surface area (Å²) in [5, 5.41) is 11.3. The lowest BCUT2D eigenvalue weighted by atomic mass is 10.2. The number of carbonyl (C=O) groups is 1. The predicted molar refractivity (Wildman–Crippen MR) is 39.3 cm³/mol. The fourth-order valence-corrected chi connectivity index (χ4v) is 0.696. The summed E-state index contributed by atoms with van der Waals surface area (Å²) in [7, 11) is 1.52. The van der Waals surface area contributed by atoms with Gasteiger partial charge in [-0.15, -0.1) is 0 Å². The molecule has 0 atom stereocenters. The minimum absolute atomic E-state index is 0.00824. The zero-order valence-corrected chi connectivity index (χ0v) is 6.03. The van der Waals surface area contributed by atoms with Gasteiger partial charge >= 0.3 is 0 Å². The van der Waals surface area contributed by atoms with Gasteiger partial charge in [-0.1, -0.05) is 0 Å². The molecule has 1 amide bonds. The van der Waals surface area contributed by atoms with Crippen LogP contribution in [0.1, 0.15) is 10.4 Å². The van der Waals surface area contributed by atoms with Crippen molar-refractivity contribution in [2.24, 2.45) is 0 Å². The van der Waals surface area contributed by atoms with E-state index in [4.69, 9.17) is 5.11 Å². The summed E-state index contributed by atoms with van der Waals surface area (Å²) >= 11 is 0. The number of nitrogens with one attached hydrogen (secondary N) is 1. The summed E-state index contributed by atoms with van der Waals surface area (Å²) < 4.78 is 0. The molecule has 1 rings (SSSR count). The lowest BCUT2D eigenvalue weighted by Crippen LogP contribution is -2.17. The molecule has 4 nitrogen and oxygen atoms in total. The highest BCUT2D eigenvalue weighted by molar-refractivity contribution is 5.93. The molecule has 1 aromatic heterocycles. The van der Waals surface area contributed by atoms with E-state index in [1.807, 2.05) is 0 Å². The van der Waals surface area contributed by atoms with Crippen LogP contribution in [0, 0.1) is 0 Å². The van der Waals surface area contributed by atoms with Crippen molar-refractivity contribution < 1.29 is 9.90 Å². The van der Waals surface area contributed by atoms with Crippen LogP contribution >= 0.6 is 0 Å². The van der Waals surface area contributed by atoms with E-state index in [1.54, 1.807) is 0 Å². The zero-order chi connectivity index (χ0) is 8.27. The highest BCUT2D eigenvalue weighted by Gasteiger charge is 2.02. The van der Waals surface area contributed by atoms with Crippen LogP contribution in [-0.2, 0) is 0 Å². The number of aromatic hydroxyl groups is 1. The lowest BCUT2D eigenvalue weighted by molar-refractivity contribution is 0.0962. The molecule has 58 valence electrons. The maximum Gasteiger partial charge on any atom is 0.252 e. The van der Waals surface area contributed by atoms with Gasteiger partial charge in [0.05, 0.1) is 11.8 Å². The van der Waals surface area contributed by atoms with Crippen molar-refractivity contribution in [2.75, 3.05) is 7.05 Å². The van der Waals surface area contributed by atoms with Crippen LogP contribution < -0.4 is 5.32 Å². The van der Waals surface area contributed by atoms with Gasteiger partial charge in [0.2, 0.25) is 0 Å². The first-order valence-electron chi connectivity index (χ1n) is 3.10. The van der Waals surface area contributed by atoms with Crippen molar-refractivity contribution in [1.29, 1.82) is 0 Å². The molecule has 1 aromatic rings. The summed E-state index contributed by atoms with van der Waals surface area (Å²) in [5.74, 6) is -0.264. The first-order valence-corrected chi connectivity index (χ1v) is 3.10. The fourth-order valence-electron chi connectivity index (χ4n) is 0.696. The van der Waals surface area contributed by atoms with Gasteiger partial charge in [-0.3, -0.25) is 9.78 Å². The quantitative estimate of drug-likeness (QED) is 0.602. The monoisotopic (exact) mass is 152 g/mol. The van der Waals surface area contributed by atoms with E-state index in [2.05, 4.69) is 10.3 Å². The molecule has 0 aliphatic rings. The molecule has 0 radical (unpaired) electrons. The molecule has 0 bridgehead atoms. The van der Waals surface area contributed by atoms with Gasteiger partial charge in [-0.05, 0) is 6.07 Å². The largest absolute Gasteiger partial charge is 0.506 e. The van der Waals surface area contributed by atoms with E-state index in [9.17, 15) is 4.79 Å². The van der Waals surface area contributed by atoms with E-state index in [-0.39, 0.29) is 11.7 Å². The van der Waals surface area contributed by atoms with E-state index >= 15 is 0 Å². The Morgan fingerprint density at radius 3 is 2.91 bits per heavy atom. The van der Waals surface area contributed by atoms with Gasteiger partial charge in [0.25, 0.3) is 5.91 Å². The Bertz CT molecular complexity index is 273. The molecule has 0 aliphatic heterocycles. The number of amides is 1. The summed E-state index contributed by atoms with van der Waals surface area (Å²) in [6, 6.07) is 1.35. The number of nitrogens with zero attached hydrogens (tertiary/aromatic N) is 1. The zero-order valence-electron chi connectivity index (χ0n) is 6.03. The highest BCUT2D eigenvalue weighted by Crippen LogP contribution is 2.07. The Hall–Kier alpha value is -1.58. The molecule has 11 heavy (non-hydrogen) atoms. The molecule has 0 saturated heterocycles. The number of pyridine rings is 1. The Morgan fingerprint density at radius 2 is 2.36 bits per heavy atom. The van der Waals surface area contributed by atoms with Crippen molar-refractivity contribution in [1.82, 2.24) is 10.3 Å². The minimum atomic E-state index is -0.256. The SMILES string of the molecule is CNC(=O)c1cncc(O)c1. The molecular weight excluding hydrogens is 144 g/mol. The molecular formula is C7H8N2O2. The van der Waals surface area contributed by atoms with Crippen molar-refractivity contribution in [3.8, 4) is 5.75 Å². The number of aromatic nitrogens is 1. The second kappa shape index (κ2) is 3.01. The van der Waals surface area contributed by atoms with E-state index in [0.29, 0.717) is 5.56 Å². The normalized spacial score (nSPS) is 9.18. The molecule has 0 spiro atoms. The van der Waals surface area contributed by atoms with Gasteiger partial charge in [-0.2, -0.15) is 0 Å². The van der Waals surface area contributed by atoms with Crippen LogP contribution in [0.4, 0.5) is 0 Å². The molecule has 2 N–H and O–H groups in total. The predicted octanol–water partition coefficient (Wildman–Crippen LogP) is 0.147. The third-order valence-electron chi connectivity index (χ3n) is 1.21. The summed E-state index contributed by atoms with van der Waals surface area (Å²) in [6.07, 6.45) is 2.66. The van der Waals surface area contributed by atoms with Gasteiger partial charge in [-0.25, -0.2) is 0 Å². The first kappa shape index (κ1) is 7.53. The molecule has 1 heterocycles. The third-order valence-corrected chi connectivity index (χ3v) is 1.21. The summed E-state index contributed by atoms with van der Waals surface area (Å²) in [6.45, 7) is 0.